The molecule has 0 spiro atoms. The van der Waals surface area contributed by atoms with Crippen LogP contribution >= 0.6 is 0 Å². The largest absolute Gasteiger partial charge is 0.340 e. The van der Waals surface area contributed by atoms with Crippen LogP contribution < -0.4 is 11.4 Å². The zero-order valence-electron chi connectivity index (χ0n) is 6.71. The van der Waals surface area contributed by atoms with Crippen molar-refractivity contribution in [2.45, 2.75) is 31.2 Å². The van der Waals surface area contributed by atoms with E-state index in [-0.39, 0.29) is 11.7 Å². The lowest BCUT2D eigenvalue weighted by Crippen LogP contribution is -2.14. The van der Waals surface area contributed by atoms with Crippen LogP contribution in [0.4, 0.5) is 0 Å². The Bertz CT molecular complexity index is 315. The number of aromatic amines is 2. The van der Waals surface area contributed by atoms with E-state index in [1.54, 1.807) is 0 Å². The van der Waals surface area contributed by atoms with Crippen molar-refractivity contribution in [1.29, 1.82) is 0 Å². The van der Waals surface area contributed by atoms with Crippen LogP contribution in [-0.4, -0.2) is 21.2 Å². The monoisotopic (exact) mass is 168 g/mol. The molecule has 0 aromatic carbocycles. The molecule has 5 heteroatoms. The molecule has 0 unspecified atom stereocenters. The minimum absolute atomic E-state index is 0.231. The fourth-order valence-corrected chi connectivity index (χ4v) is 1.74. The normalized spacial score (nSPS) is 29.4. The molecule has 1 aliphatic rings. The molecule has 2 rings (SSSR count). The van der Waals surface area contributed by atoms with Gasteiger partial charge in [-0.05, 0) is 19.3 Å². The maximum Gasteiger partial charge on any atom is 0.340 e. The molecule has 0 radical (unpaired) electrons. The summed E-state index contributed by atoms with van der Waals surface area (Å²) in [6, 6.07) is 0.273. The molecular weight excluding hydrogens is 156 g/mol. The van der Waals surface area contributed by atoms with Crippen LogP contribution in [-0.2, 0) is 0 Å². The lowest BCUT2D eigenvalue weighted by Gasteiger charge is -2.02. The van der Waals surface area contributed by atoms with E-state index in [4.69, 9.17) is 5.73 Å². The molecule has 1 saturated carbocycles. The average molecular weight is 168 g/mol. The van der Waals surface area contributed by atoms with Gasteiger partial charge in [0, 0.05) is 12.0 Å². The molecule has 5 nitrogen and oxygen atoms in total. The molecule has 1 aromatic heterocycles. The third kappa shape index (κ3) is 1.27. The summed E-state index contributed by atoms with van der Waals surface area (Å²) in [5.74, 6) is 1.10. The van der Waals surface area contributed by atoms with Crippen molar-refractivity contribution in [3.8, 4) is 0 Å². The van der Waals surface area contributed by atoms with Gasteiger partial charge in [-0.1, -0.05) is 0 Å². The molecule has 1 aliphatic carbocycles. The van der Waals surface area contributed by atoms with Gasteiger partial charge in [-0.25, -0.2) is 9.89 Å². The zero-order chi connectivity index (χ0) is 8.55. The summed E-state index contributed by atoms with van der Waals surface area (Å²) in [4.78, 5) is 13.4. The number of nitrogens with two attached hydrogens (primary N) is 1. The first-order chi connectivity index (χ1) is 5.75. The Balaban J connectivity index is 2.16. The fourth-order valence-electron chi connectivity index (χ4n) is 1.74. The molecule has 1 heterocycles. The standard InChI is InChI=1S/C7H12N4O/c8-5-2-1-4(3-5)6-9-7(12)11-10-6/h4-5H,1-3,8H2,(H2,9,10,11,12)/t4-,5+/m0/s1. The SMILES string of the molecule is N[C@@H]1CC[C@H](c2n[nH]c(=O)[nH]2)C1. The molecule has 4 N–H and O–H groups in total. The van der Waals surface area contributed by atoms with Crippen LogP contribution in [0.3, 0.4) is 0 Å². The third-order valence-corrected chi connectivity index (χ3v) is 2.38. The second kappa shape index (κ2) is 2.75. The lowest BCUT2D eigenvalue weighted by molar-refractivity contribution is 0.645. The third-order valence-electron chi connectivity index (χ3n) is 2.38. The molecule has 66 valence electrons. The van der Waals surface area contributed by atoms with Crippen LogP contribution in [0.2, 0.25) is 0 Å². The Labute approximate surface area is 69.4 Å². The van der Waals surface area contributed by atoms with Crippen LogP contribution in [0.1, 0.15) is 31.0 Å². The summed E-state index contributed by atoms with van der Waals surface area (Å²) in [7, 11) is 0. The summed E-state index contributed by atoms with van der Waals surface area (Å²) >= 11 is 0. The molecule has 12 heavy (non-hydrogen) atoms. The van der Waals surface area contributed by atoms with E-state index in [0.717, 1.165) is 25.1 Å². The van der Waals surface area contributed by atoms with Gasteiger partial charge < -0.3 is 5.73 Å². The number of nitrogens with zero attached hydrogens (tertiary/aromatic N) is 1. The van der Waals surface area contributed by atoms with Crippen molar-refractivity contribution in [2.75, 3.05) is 0 Å². The minimum Gasteiger partial charge on any atom is -0.328 e. The summed E-state index contributed by atoms with van der Waals surface area (Å²) in [5.41, 5.74) is 5.51. The Morgan fingerprint density at radius 3 is 2.83 bits per heavy atom. The van der Waals surface area contributed by atoms with Gasteiger partial charge in [0.1, 0.15) is 5.82 Å². The molecule has 0 aliphatic heterocycles. The van der Waals surface area contributed by atoms with Gasteiger partial charge in [0.15, 0.2) is 0 Å². The quantitative estimate of drug-likeness (QED) is 0.537. The average Bonchev–Trinajstić information content (AvgIpc) is 2.58. The second-order valence-corrected chi connectivity index (χ2v) is 3.33. The maximum atomic E-state index is 10.7. The Morgan fingerprint density at radius 2 is 2.33 bits per heavy atom. The van der Waals surface area contributed by atoms with Gasteiger partial charge in [0.2, 0.25) is 0 Å². The first kappa shape index (κ1) is 7.54. The number of H-pyrrole nitrogens is 2. The zero-order valence-corrected chi connectivity index (χ0v) is 6.71. The first-order valence-corrected chi connectivity index (χ1v) is 4.16. The van der Waals surface area contributed by atoms with E-state index < -0.39 is 0 Å². The van der Waals surface area contributed by atoms with E-state index in [1.165, 1.54) is 0 Å². The topological polar surface area (TPSA) is 87.6 Å². The van der Waals surface area contributed by atoms with Crippen LogP contribution in [0, 0.1) is 0 Å². The van der Waals surface area contributed by atoms with Crippen molar-refractivity contribution in [1.82, 2.24) is 15.2 Å². The van der Waals surface area contributed by atoms with Gasteiger partial charge in [-0.3, -0.25) is 4.98 Å². The van der Waals surface area contributed by atoms with Crippen LogP contribution in [0.5, 0.6) is 0 Å². The van der Waals surface area contributed by atoms with Crippen molar-refractivity contribution in [3.63, 3.8) is 0 Å². The number of rotatable bonds is 1. The number of aromatic nitrogens is 3. The van der Waals surface area contributed by atoms with E-state index in [1.807, 2.05) is 0 Å². The number of hydrogen-bond donors (Lipinski definition) is 3. The summed E-state index contributed by atoms with van der Waals surface area (Å²) in [6.07, 6.45) is 2.99. The van der Waals surface area contributed by atoms with E-state index in [9.17, 15) is 4.79 Å². The van der Waals surface area contributed by atoms with Crippen molar-refractivity contribution >= 4 is 0 Å². The Hall–Kier alpha value is -1.10. The molecule has 1 fully saturated rings. The predicted octanol–water partition coefficient (Wildman–Crippen LogP) is -0.307. The first-order valence-electron chi connectivity index (χ1n) is 4.16. The molecule has 0 bridgehead atoms. The molecular formula is C7H12N4O. The highest BCUT2D eigenvalue weighted by molar-refractivity contribution is 4.98. The van der Waals surface area contributed by atoms with Gasteiger partial charge in [0.05, 0.1) is 0 Å². The second-order valence-electron chi connectivity index (χ2n) is 3.33. The lowest BCUT2D eigenvalue weighted by atomic mass is 10.1. The number of hydrogen-bond acceptors (Lipinski definition) is 3. The summed E-state index contributed by atoms with van der Waals surface area (Å²) in [5, 5.41) is 6.24. The summed E-state index contributed by atoms with van der Waals surface area (Å²) in [6.45, 7) is 0. The molecule has 0 saturated heterocycles. The minimum atomic E-state index is -0.231. The highest BCUT2D eigenvalue weighted by atomic mass is 16.1. The van der Waals surface area contributed by atoms with Gasteiger partial charge in [-0.15, -0.1) is 0 Å². The van der Waals surface area contributed by atoms with Crippen LogP contribution in [0.25, 0.3) is 0 Å². The van der Waals surface area contributed by atoms with Gasteiger partial charge in [0.25, 0.3) is 0 Å². The molecule has 0 amide bonds. The van der Waals surface area contributed by atoms with Crippen molar-refractivity contribution in [2.24, 2.45) is 5.73 Å². The summed E-state index contributed by atoms with van der Waals surface area (Å²) < 4.78 is 0. The van der Waals surface area contributed by atoms with Crippen molar-refractivity contribution in [3.05, 3.63) is 16.3 Å². The Kier molecular flexibility index (Phi) is 1.73. The van der Waals surface area contributed by atoms with E-state index >= 15 is 0 Å². The van der Waals surface area contributed by atoms with Crippen molar-refractivity contribution < 1.29 is 0 Å². The Morgan fingerprint density at radius 1 is 1.50 bits per heavy atom. The van der Waals surface area contributed by atoms with Crippen LogP contribution in [0.15, 0.2) is 4.79 Å². The number of nitrogens with one attached hydrogen (secondary N) is 2. The van der Waals surface area contributed by atoms with Gasteiger partial charge in [-0.2, -0.15) is 5.10 Å². The molecule has 2 atom stereocenters. The predicted molar refractivity (Wildman–Crippen MR) is 43.8 cm³/mol. The van der Waals surface area contributed by atoms with E-state index in [0.29, 0.717) is 5.92 Å². The maximum absolute atomic E-state index is 10.7. The van der Waals surface area contributed by atoms with Gasteiger partial charge >= 0.3 is 5.69 Å². The fraction of sp³-hybridized carbons (Fsp3) is 0.714. The highest BCUT2D eigenvalue weighted by Gasteiger charge is 2.25. The molecule has 1 aromatic rings. The highest BCUT2D eigenvalue weighted by Crippen LogP contribution is 2.30. The van der Waals surface area contributed by atoms with E-state index in [2.05, 4.69) is 15.2 Å². The smallest absolute Gasteiger partial charge is 0.328 e.